The van der Waals surface area contributed by atoms with Crippen LogP contribution in [0.1, 0.15) is 29.6 Å². The average molecular weight is 460 g/mol. The van der Waals surface area contributed by atoms with Crippen LogP contribution in [0.2, 0.25) is 0 Å². The van der Waals surface area contributed by atoms with Gasteiger partial charge in [-0.3, -0.25) is 14.6 Å². The Kier molecular flexibility index (Phi) is 6.14. The van der Waals surface area contributed by atoms with Gasteiger partial charge in [0.25, 0.3) is 11.5 Å². The number of ether oxygens (including phenoxy) is 1. The Morgan fingerprint density at radius 1 is 1.18 bits per heavy atom. The predicted molar refractivity (Wildman–Crippen MR) is 111 cm³/mol. The maximum atomic E-state index is 13.1. The van der Waals surface area contributed by atoms with Gasteiger partial charge in [-0.15, -0.1) is 13.2 Å². The van der Waals surface area contributed by atoms with Crippen molar-refractivity contribution in [3.63, 3.8) is 0 Å². The van der Waals surface area contributed by atoms with Gasteiger partial charge in [0.15, 0.2) is 0 Å². The molecule has 1 saturated carbocycles. The molecule has 1 aliphatic carbocycles. The van der Waals surface area contributed by atoms with Crippen LogP contribution in [0.25, 0.3) is 16.9 Å². The minimum Gasteiger partial charge on any atom is -0.406 e. The fraction of sp³-hybridized carbons (Fsp3) is 0.273. The van der Waals surface area contributed by atoms with E-state index in [9.17, 15) is 27.9 Å². The SMILES string of the molecule is O=C(N[C@H]1CCC[C@@H]1O)c1cc(-c2ccc(OC(F)(F)F)cc2)nn(-c2cccnc2)c1=O. The lowest BCUT2D eigenvalue weighted by Crippen LogP contribution is -2.42. The molecule has 11 heteroatoms. The molecule has 0 unspecified atom stereocenters. The van der Waals surface area contributed by atoms with E-state index < -0.39 is 35.7 Å². The molecule has 172 valence electrons. The minimum atomic E-state index is -4.83. The number of carbonyl (C=O) groups excluding carboxylic acids is 1. The van der Waals surface area contributed by atoms with E-state index in [-0.39, 0.29) is 11.3 Å². The first-order valence-electron chi connectivity index (χ1n) is 10.1. The molecule has 1 fully saturated rings. The highest BCUT2D eigenvalue weighted by molar-refractivity contribution is 5.95. The second-order valence-corrected chi connectivity index (χ2v) is 7.52. The van der Waals surface area contributed by atoms with E-state index in [0.717, 1.165) is 23.2 Å². The fourth-order valence-corrected chi connectivity index (χ4v) is 3.63. The zero-order chi connectivity index (χ0) is 23.6. The third-order valence-corrected chi connectivity index (χ3v) is 5.23. The van der Waals surface area contributed by atoms with Gasteiger partial charge >= 0.3 is 6.36 Å². The van der Waals surface area contributed by atoms with Gasteiger partial charge < -0.3 is 15.2 Å². The molecule has 2 atom stereocenters. The topological polar surface area (TPSA) is 106 Å². The fourth-order valence-electron chi connectivity index (χ4n) is 3.63. The van der Waals surface area contributed by atoms with E-state index in [0.29, 0.717) is 24.1 Å². The summed E-state index contributed by atoms with van der Waals surface area (Å²) in [7, 11) is 0. The van der Waals surface area contributed by atoms with Crippen molar-refractivity contribution in [2.24, 2.45) is 0 Å². The van der Waals surface area contributed by atoms with Crippen molar-refractivity contribution >= 4 is 5.91 Å². The quantitative estimate of drug-likeness (QED) is 0.607. The molecule has 0 aliphatic heterocycles. The molecule has 33 heavy (non-hydrogen) atoms. The van der Waals surface area contributed by atoms with Crippen LogP contribution < -0.4 is 15.6 Å². The molecule has 1 aromatic carbocycles. The van der Waals surface area contributed by atoms with E-state index >= 15 is 0 Å². The number of carbonyl (C=O) groups is 1. The Morgan fingerprint density at radius 2 is 1.94 bits per heavy atom. The number of benzene rings is 1. The van der Waals surface area contributed by atoms with Crippen LogP contribution in [0.15, 0.2) is 59.7 Å². The van der Waals surface area contributed by atoms with Crippen molar-refractivity contribution in [3.8, 4) is 22.7 Å². The summed E-state index contributed by atoms with van der Waals surface area (Å²) in [5.74, 6) is -1.09. The molecular formula is C22H19F3N4O4. The summed E-state index contributed by atoms with van der Waals surface area (Å²) >= 11 is 0. The van der Waals surface area contributed by atoms with Crippen molar-refractivity contribution in [2.45, 2.75) is 37.8 Å². The molecule has 0 bridgehead atoms. The van der Waals surface area contributed by atoms with Gasteiger partial charge in [-0.25, -0.2) is 0 Å². The van der Waals surface area contributed by atoms with E-state index in [2.05, 4.69) is 20.1 Å². The van der Waals surface area contributed by atoms with Gasteiger partial charge in [0, 0.05) is 11.8 Å². The maximum absolute atomic E-state index is 13.1. The second-order valence-electron chi connectivity index (χ2n) is 7.52. The summed E-state index contributed by atoms with van der Waals surface area (Å²) in [5, 5.41) is 17.0. The first-order chi connectivity index (χ1) is 15.7. The number of nitrogens with one attached hydrogen (secondary N) is 1. The van der Waals surface area contributed by atoms with Crippen LogP contribution in [0, 0.1) is 0 Å². The van der Waals surface area contributed by atoms with Crippen LogP contribution in [-0.2, 0) is 0 Å². The van der Waals surface area contributed by atoms with Gasteiger partial charge in [0.1, 0.15) is 11.3 Å². The Bertz CT molecular complexity index is 1200. The number of aliphatic hydroxyl groups is 1. The minimum absolute atomic E-state index is 0.175. The molecule has 2 aromatic heterocycles. The lowest BCUT2D eigenvalue weighted by atomic mass is 10.1. The molecule has 0 spiro atoms. The molecule has 3 aromatic rings. The summed E-state index contributed by atoms with van der Waals surface area (Å²) in [6.07, 6.45) is -0.741. The first-order valence-corrected chi connectivity index (χ1v) is 10.1. The molecule has 1 aliphatic rings. The highest BCUT2D eigenvalue weighted by Gasteiger charge is 2.31. The van der Waals surface area contributed by atoms with Crippen LogP contribution in [0.3, 0.4) is 0 Å². The third kappa shape index (κ3) is 5.20. The number of halogens is 3. The number of pyridine rings is 1. The average Bonchev–Trinajstić information content (AvgIpc) is 3.18. The van der Waals surface area contributed by atoms with Gasteiger partial charge in [-0.05, 0) is 61.7 Å². The number of rotatable bonds is 5. The van der Waals surface area contributed by atoms with Gasteiger partial charge in [0.05, 0.1) is 29.7 Å². The van der Waals surface area contributed by atoms with E-state index in [4.69, 9.17) is 0 Å². The van der Waals surface area contributed by atoms with E-state index in [1.54, 1.807) is 12.1 Å². The zero-order valence-electron chi connectivity index (χ0n) is 17.1. The largest absolute Gasteiger partial charge is 0.573 e. The van der Waals surface area contributed by atoms with E-state index in [1.807, 2.05) is 0 Å². The van der Waals surface area contributed by atoms with Gasteiger partial charge in [-0.1, -0.05) is 0 Å². The Balaban J connectivity index is 1.75. The molecule has 4 rings (SSSR count). The van der Waals surface area contributed by atoms with Crippen molar-refractivity contribution < 1.29 is 27.8 Å². The third-order valence-electron chi connectivity index (χ3n) is 5.23. The van der Waals surface area contributed by atoms with Crippen molar-refractivity contribution in [2.75, 3.05) is 0 Å². The lowest BCUT2D eigenvalue weighted by molar-refractivity contribution is -0.274. The molecule has 1 amide bonds. The predicted octanol–water partition coefficient (Wildman–Crippen LogP) is 2.84. The highest BCUT2D eigenvalue weighted by Crippen LogP contribution is 2.26. The Morgan fingerprint density at radius 3 is 2.55 bits per heavy atom. The summed E-state index contributed by atoms with van der Waals surface area (Å²) in [5.41, 5.74) is -0.0880. The van der Waals surface area contributed by atoms with Crippen LogP contribution in [-0.4, -0.2) is 44.3 Å². The smallest absolute Gasteiger partial charge is 0.406 e. The Hall–Kier alpha value is -3.73. The Labute approximate surface area is 185 Å². The number of amides is 1. The second kappa shape index (κ2) is 9.02. The first kappa shape index (κ1) is 22.5. The van der Waals surface area contributed by atoms with Crippen molar-refractivity contribution in [1.29, 1.82) is 0 Å². The van der Waals surface area contributed by atoms with Crippen LogP contribution in [0.4, 0.5) is 13.2 Å². The number of hydrogen-bond acceptors (Lipinski definition) is 6. The normalized spacial score (nSPS) is 18.2. The van der Waals surface area contributed by atoms with E-state index in [1.165, 1.54) is 30.6 Å². The summed E-state index contributed by atoms with van der Waals surface area (Å²) in [6, 6.07) is 8.86. The molecule has 0 radical (unpaired) electrons. The monoisotopic (exact) mass is 460 g/mol. The molecule has 8 nitrogen and oxygen atoms in total. The maximum Gasteiger partial charge on any atom is 0.573 e. The summed E-state index contributed by atoms with van der Waals surface area (Å²) < 4.78 is 42.2. The highest BCUT2D eigenvalue weighted by atomic mass is 19.4. The number of aliphatic hydroxyl groups excluding tert-OH is 1. The summed E-state index contributed by atoms with van der Waals surface area (Å²) in [4.78, 5) is 29.9. The summed E-state index contributed by atoms with van der Waals surface area (Å²) in [6.45, 7) is 0. The van der Waals surface area contributed by atoms with Crippen LogP contribution >= 0.6 is 0 Å². The number of nitrogens with zero attached hydrogens (tertiary/aromatic N) is 3. The molecule has 2 heterocycles. The molecule has 2 N–H and O–H groups in total. The number of alkyl halides is 3. The van der Waals surface area contributed by atoms with Crippen molar-refractivity contribution in [1.82, 2.24) is 20.1 Å². The zero-order valence-corrected chi connectivity index (χ0v) is 17.1. The van der Waals surface area contributed by atoms with Gasteiger partial charge in [-0.2, -0.15) is 9.78 Å². The van der Waals surface area contributed by atoms with Crippen LogP contribution in [0.5, 0.6) is 5.75 Å². The number of hydrogen-bond donors (Lipinski definition) is 2. The standard InChI is InChI=1S/C22H19F3N4O4/c23-22(24,25)33-15-8-6-13(7-9-15)18-11-16(20(31)27-17-4-1-5-19(17)30)21(32)29(28-18)14-3-2-10-26-12-14/h2-3,6-12,17,19,30H,1,4-5H2,(H,27,31)/t17-,19-/m0/s1. The molecular weight excluding hydrogens is 441 g/mol. The lowest BCUT2D eigenvalue weighted by Gasteiger charge is -2.17. The number of aromatic nitrogens is 3. The van der Waals surface area contributed by atoms with Gasteiger partial charge in [0.2, 0.25) is 0 Å². The van der Waals surface area contributed by atoms with Crippen molar-refractivity contribution in [3.05, 3.63) is 70.8 Å². The molecule has 0 saturated heterocycles.